The van der Waals surface area contributed by atoms with Crippen molar-refractivity contribution in [2.75, 3.05) is 6.61 Å². The quantitative estimate of drug-likeness (QED) is 0.711. The van der Waals surface area contributed by atoms with Gasteiger partial charge >= 0.3 is 0 Å². The summed E-state index contributed by atoms with van der Waals surface area (Å²) in [5.74, 6) is 0.407. The van der Waals surface area contributed by atoms with Gasteiger partial charge < -0.3 is 5.11 Å². The molecule has 74 valence electrons. The second-order valence-electron chi connectivity index (χ2n) is 4.83. The molecule has 13 heavy (non-hydrogen) atoms. The molecule has 3 heteroatoms. The fraction of sp³-hybridized carbons (Fsp3) is 0.900. The first-order chi connectivity index (χ1) is 6.04. The second kappa shape index (κ2) is 2.71. The van der Waals surface area contributed by atoms with Crippen molar-refractivity contribution in [1.29, 1.82) is 0 Å². The van der Waals surface area contributed by atoms with E-state index in [1.807, 2.05) is 0 Å². The van der Waals surface area contributed by atoms with Gasteiger partial charge in [0, 0.05) is 13.0 Å². The molecule has 0 bridgehead atoms. The van der Waals surface area contributed by atoms with E-state index in [1.54, 1.807) is 0 Å². The van der Waals surface area contributed by atoms with Crippen LogP contribution in [0.5, 0.6) is 0 Å². The molecule has 2 nitrogen and oxygen atoms in total. The fourth-order valence-electron chi connectivity index (χ4n) is 3.22. The predicted molar refractivity (Wildman–Crippen MR) is 50.4 cm³/mol. The van der Waals surface area contributed by atoms with Crippen LogP contribution < -0.4 is 0 Å². The van der Waals surface area contributed by atoms with Crippen molar-refractivity contribution in [3.05, 3.63) is 0 Å². The molecule has 2 saturated carbocycles. The van der Waals surface area contributed by atoms with Gasteiger partial charge in [-0.2, -0.15) is 0 Å². The first kappa shape index (κ1) is 9.47. The smallest absolute Gasteiger partial charge is 0.221 e. The molecule has 2 fully saturated rings. The van der Waals surface area contributed by atoms with Crippen LogP contribution in [-0.4, -0.2) is 17.0 Å². The van der Waals surface area contributed by atoms with Crippen LogP contribution in [0.2, 0.25) is 0 Å². The number of halogens is 1. The Bertz CT molecular complexity index is 249. The third-order valence-electron chi connectivity index (χ3n) is 4.37. The molecule has 1 N–H and O–H groups in total. The van der Waals surface area contributed by atoms with Gasteiger partial charge in [-0.05, 0) is 47.6 Å². The van der Waals surface area contributed by atoms with E-state index >= 15 is 0 Å². The van der Waals surface area contributed by atoms with E-state index in [2.05, 4.69) is 6.92 Å². The molecular weight excluding hydrogens is 188 g/mol. The minimum Gasteiger partial charge on any atom is -0.396 e. The van der Waals surface area contributed by atoms with Crippen molar-refractivity contribution in [2.45, 2.75) is 32.6 Å². The van der Waals surface area contributed by atoms with Crippen LogP contribution in [-0.2, 0) is 4.79 Å². The molecule has 2 rings (SSSR count). The van der Waals surface area contributed by atoms with Gasteiger partial charge in [0.2, 0.25) is 5.24 Å². The Morgan fingerprint density at radius 2 is 2.38 bits per heavy atom. The van der Waals surface area contributed by atoms with Crippen molar-refractivity contribution in [3.8, 4) is 0 Å². The van der Waals surface area contributed by atoms with Gasteiger partial charge in [0.25, 0.3) is 0 Å². The van der Waals surface area contributed by atoms with Gasteiger partial charge in [0.15, 0.2) is 0 Å². The Hall–Kier alpha value is -0.0800. The van der Waals surface area contributed by atoms with Gasteiger partial charge in [-0.15, -0.1) is 0 Å². The van der Waals surface area contributed by atoms with E-state index in [0.717, 1.165) is 19.3 Å². The molecule has 0 radical (unpaired) electrons. The lowest BCUT2D eigenvalue weighted by atomic mass is 9.88. The highest BCUT2D eigenvalue weighted by molar-refractivity contribution is 6.63. The number of aliphatic hydroxyl groups is 1. The van der Waals surface area contributed by atoms with E-state index < -0.39 is 0 Å². The summed E-state index contributed by atoms with van der Waals surface area (Å²) in [6, 6.07) is 0. The average Bonchev–Trinajstić information content (AvgIpc) is 2.59. The molecule has 2 aliphatic carbocycles. The van der Waals surface area contributed by atoms with Gasteiger partial charge in [-0.1, -0.05) is 6.92 Å². The summed E-state index contributed by atoms with van der Waals surface area (Å²) in [6.45, 7) is 2.46. The van der Waals surface area contributed by atoms with Crippen molar-refractivity contribution < 1.29 is 9.90 Å². The van der Waals surface area contributed by atoms with E-state index in [4.69, 9.17) is 11.6 Å². The van der Waals surface area contributed by atoms with Gasteiger partial charge in [-0.3, -0.25) is 4.79 Å². The normalized spacial score (nSPS) is 47.5. The van der Waals surface area contributed by atoms with Crippen LogP contribution >= 0.6 is 11.6 Å². The Morgan fingerprint density at radius 1 is 1.69 bits per heavy atom. The number of fused-ring (bicyclic) bond motifs is 1. The summed E-state index contributed by atoms with van der Waals surface area (Å²) in [7, 11) is 0. The number of rotatable bonds is 3. The standard InChI is InChI=1S/C10H15ClO2/c1-9-5-10(9,6-12)3-2-7(9)4-8(11)13/h7,12H,2-6H2,1H3/t7-,9?,10-/m1/s1. The van der Waals surface area contributed by atoms with E-state index in [9.17, 15) is 9.90 Å². The summed E-state index contributed by atoms with van der Waals surface area (Å²) >= 11 is 5.39. The Balaban J connectivity index is 2.07. The number of carbonyl (C=O) groups is 1. The minimum absolute atomic E-state index is 0.143. The summed E-state index contributed by atoms with van der Waals surface area (Å²) < 4.78 is 0. The zero-order valence-electron chi connectivity index (χ0n) is 7.85. The molecule has 0 aliphatic heterocycles. The average molecular weight is 203 g/mol. The van der Waals surface area contributed by atoms with Crippen LogP contribution in [0.3, 0.4) is 0 Å². The van der Waals surface area contributed by atoms with Gasteiger partial charge in [-0.25, -0.2) is 0 Å². The SMILES string of the molecule is CC12C[C@@]1(CO)CC[C@@H]2CC(=O)Cl. The molecule has 0 aromatic carbocycles. The van der Waals surface area contributed by atoms with Crippen LogP contribution in [0.15, 0.2) is 0 Å². The highest BCUT2D eigenvalue weighted by atomic mass is 35.5. The maximum atomic E-state index is 10.8. The zero-order valence-corrected chi connectivity index (χ0v) is 8.60. The third kappa shape index (κ3) is 1.15. The Labute approximate surface area is 83.3 Å². The van der Waals surface area contributed by atoms with Gasteiger partial charge in [0.05, 0.1) is 0 Å². The molecule has 0 aromatic rings. The third-order valence-corrected chi connectivity index (χ3v) is 4.53. The van der Waals surface area contributed by atoms with E-state index in [1.165, 1.54) is 0 Å². The molecule has 0 saturated heterocycles. The highest BCUT2D eigenvalue weighted by Gasteiger charge is 2.70. The molecule has 0 spiro atoms. The van der Waals surface area contributed by atoms with Crippen molar-refractivity contribution in [3.63, 3.8) is 0 Å². The maximum absolute atomic E-state index is 10.8. The summed E-state index contributed by atoms with van der Waals surface area (Å²) in [4.78, 5) is 10.8. The maximum Gasteiger partial charge on any atom is 0.221 e. The summed E-state index contributed by atoms with van der Waals surface area (Å²) in [6.07, 6.45) is 3.68. The molecule has 0 heterocycles. The highest BCUT2D eigenvalue weighted by Crippen LogP contribution is 2.75. The largest absolute Gasteiger partial charge is 0.396 e. The molecule has 2 aliphatic rings. The summed E-state index contributed by atoms with van der Waals surface area (Å²) in [5, 5.41) is 9.04. The molecule has 3 atom stereocenters. The molecule has 0 amide bonds. The van der Waals surface area contributed by atoms with Crippen LogP contribution in [0.4, 0.5) is 0 Å². The second-order valence-corrected chi connectivity index (χ2v) is 5.25. The Kier molecular flexibility index (Phi) is 1.97. The summed E-state index contributed by atoms with van der Waals surface area (Å²) in [5.41, 5.74) is 0.344. The van der Waals surface area contributed by atoms with Crippen molar-refractivity contribution in [2.24, 2.45) is 16.7 Å². The van der Waals surface area contributed by atoms with Crippen molar-refractivity contribution >= 4 is 16.8 Å². The van der Waals surface area contributed by atoms with E-state index in [-0.39, 0.29) is 22.7 Å². The Morgan fingerprint density at radius 3 is 2.77 bits per heavy atom. The lowest BCUT2D eigenvalue weighted by molar-refractivity contribution is -0.112. The molecular formula is C10H15ClO2. The first-order valence-electron chi connectivity index (χ1n) is 4.83. The zero-order chi connectivity index (χ0) is 9.69. The predicted octanol–water partition coefficient (Wildman–Crippen LogP) is 1.94. The van der Waals surface area contributed by atoms with Crippen LogP contribution in [0.1, 0.15) is 32.6 Å². The number of carbonyl (C=O) groups excluding carboxylic acids is 1. The monoisotopic (exact) mass is 202 g/mol. The first-order valence-corrected chi connectivity index (χ1v) is 5.21. The topological polar surface area (TPSA) is 37.3 Å². The van der Waals surface area contributed by atoms with Crippen molar-refractivity contribution in [1.82, 2.24) is 0 Å². The fourth-order valence-corrected chi connectivity index (χ4v) is 3.40. The number of hydrogen-bond donors (Lipinski definition) is 1. The number of aliphatic hydroxyl groups excluding tert-OH is 1. The van der Waals surface area contributed by atoms with E-state index in [0.29, 0.717) is 12.3 Å². The lowest BCUT2D eigenvalue weighted by Crippen LogP contribution is -2.16. The minimum atomic E-state index is -0.230. The van der Waals surface area contributed by atoms with Crippen LogP contribution in [0, 0.1) is 16.7 Å². The van der Waals surface area contributed by atoms with Gasteiger partial charge in [0.1, 0.15) is 0 Å². The number of hydrogen-bond acceptors (Lipinski definition) is 2. The molecule has 1 unspecified atom stereocenters. The lowest BCUT2D eigenvalue weighted by Gasteiger charge is -2.17. The molecule has 0 aromatic heterocycles. The van der Waals surface area contributed by atoms with Crippen LogP contribution in [0.25, 0.3) is 0 Å².